The maximum absolute atomic E-state index is 12.6. The van der Waals surface area contributed by atoms with E-state index in [-0.39, 0.29) is 12.7 Å². The molecule has 1 aliphatic rings. The minimum atomic E-state index is -0.212. The maximum atomic E-state index is 12.6. The molecule has 5 heteroatoms. The average molecular weight is 307 g/mol. The van der Waals surface area contributed by atoms with E-state index >= 15 is 0 Å². The number of hydrogen-bond donors (Lipinski definition) is 1. The minimum absolute atomic E-state index is 0.202. The third-order valence-corrected chi connectivity index (χ3v) is 3.59. The number of anilines is 1. The molecular formula is C18H13NO4. The van der Waals surface area contributed by atoms with Crippen LogP contribution in [0.1, 0.15) is 10.4 Å². The predicted octanol–water partition coefficient (Wildman–Crippen LogP) is 3.93. The van der Waals surface area contributed by atoms with Crippen LogP contribution in [-0.2, 0) is 0 Å². The summed E-state index contributed by atoms with van der Waals surface area (Å²) in [6.07, 6.45) is 1.59. The van der Waals surface area contributed by atoms with Gasteiger partial charge in [-0.3, -0.25) is 4.79 Å². The Morgan fingerprint density at radius 1 is 0.957 bits per heavy atom. The summed E-state index contributed by atoms with van der Waals surface area (Å²) in [6.45, 7) is 0.202. The van der Waals surface area contributed by atoms with Crippen molar-refractivity contribution >= 4 is 11.6 Å². The monoisotopic (exact) mass is 307 g/mol. The molecule has 0 saturated carbocycles. The lowest BCUT2D eigenvalue weighted by Crippen LogP contribution is -2.13. The van der Waals surface area contributed by atoms with Gasteiger partial charge in [-0.2, -0.15) is 0 Å². The molecule has 1 N–H and O–H groups in total. The highest BCUT2D eigenvalue weighted by Gasteiger charge is 2.17. The summed E-state index contributed by atoms with van der Waals surface area (Å²) in [7, 11) is 0. The topological polar surface area (TPSA) is 60.7 Å². The maximum Gasteiger partial charge on any atom is 0.256 e. The molecule has 114 valence electrons. The zero-order valence-corrected chi connectivity index (χ0v) is 12.1. The molecule has 0 fully saturated rings. The predicted molar refractivity (Wildman–Crippen MR) is 84.7 cm³/mol. The van der Waals surface area contributed by atoms with Crippen LogP contribution in [0.15, 0.2) is 65.3 Å². The lowest BCUT2D eigenvalue weighted by molar-refractivity contribution is 0.102. The molecule has 0 spiro atoms. The van der Waals surface area contributed by atoms with E-state index in [4.69, 9.17) is 13.9 Å². The molecule has 0 bridgehead atoms. The number of hydrogen-bond acceptors (Lipinski definition) is 4. The molecule has 1 amide bonds. The van der Waals surface area contributed by atoms with Crippen LogP contribution in [0, 0.1) is 0 Å². The van der Waals surface area contributed by atoms with E-state index in [1.165, 1.54) is 0 Å². The van der Waals surface area contributed by atoms with E-state index in [0.717, 1.165) is 5.56 Å². The first-order valence-electron chi connectivity index (χ1n) is 7.15. The first-order chi connectivity index (χ1) is 11.3. The molecule has 0 saturated heterocycles. The number of carbonyl (C=O) groups excluding carboxylic acids is 1. The number of benzene rings is 2. The molecule has 3 aromatic rings. The van der Waals surface area contributed by atoms with Gasteiger partial charge in [-0.25, -0.2) is 0 Å². The van der Waals surface area contributed by atoms with E-state index in [2.05, 4.69) is 5.32 Å². The minimum Gasteiger partial charge on any atom is -0.464 e. The van der Waals surface area contributed by atoms with E-state index in [9.17, 15) is 4.79 Å². The summed E-state index contributed by atoms with van der Waals surface area (Å²) >= 11 is 0. The second kappa shape index (κ2) is 5.53. The van der Waals surface area contributed by atoms with E-state index in [1.54, 1.807) is 36.6 Å². The Morgan fingerprint density at radius 2 is 1.83 bits per heavy atom. The van der Waals surface area contributed by atoms with Gasteiger partial charge in [0.25, 0.3) is 5.91 Å². The van der Waals surface area contributed by atoms with E-state index in [1.807, 2.05) is 24.3 Å². The number of carbonyl (C=O) groups is 1. The Hall–Kier alpha value is -3.21. The van der Waals surface area contributed by atoms with Crippen molar-refractivity contribution in [3.8, 4) is 22.8 Å². The van der Waals surface area contributed by atoms with Crippen LogP contribution in [0.2, 0.25) is 0 Å². The lowest BCUT2D eigenvalue weighted by Gasteiger charge is -2.09. The van der Waals surface area contributed by atoms with Crippen molar-refractivity contribution in [1.29, 1.82) is 0 Å². The van der Waals surface area contributed by atoms with Gasteiger partial charge in [-0.1, -0.05) is 18.2 Å². The molecule has 2 aromatic carbocycles. The smallest absolute Gasteiger partial charge is 0.256 e. The largest absolute Gasteiger partial charge is 0.464 e. The van der Waals surface area contributed by atoms with Crippen molar-refractivity contribution in [2.75, 3.05) is 12.1 Å². The SMILES string of the molecule is O=C(Nc1ccc2c(c1)OCO2)c1ccccc1-c1ccco1. The Labute approximate surface area is 132 Å². The molecule has 5 nitrogen and oxygen atoms in total. The van der Waals surface area contributed by atoms with Crippen LogP contribution in [0.3, 0.4) is 0 Å². The van der Waals surface area contributed by atoms with Gasteiger partial charge >= 0.3 is 0 Å². The summed E-state index contributed by atoms with van der Waals surface area (Å²) < 4.78 is 16.0. The van der Waals surface area contributed by atoms with Gasteiger partial charge in [0.15, 0.2) is 11.5 Å². The van der Waals surface area contributed by atoms with Gasteiger partial charge in [0.2, 0.25) is 6.79 Å². The quantitative estimate of drug-likeness (QED) is 0.796. The molecule has 4 rings (SSSR count). The summed E-state index contributed by atoms with van der Waals surface area (Å²) in [5.74, 6) is 1.75. The number of rotatable bonds is 3. The Kier molecular flexibility index (Phi) is 3.24. The molecule has 23 heavy (non-hydrogen) atoms. The molecule has 0 atom stereocenters. The number of fused-ring (bicyclic) bond motifs is 1. The van der Waals surface area contributed by atoms with Gasteiger partial charge in [0, 0.05) is 17.3 Å². The lowest BCUT2D eigenvalue weighted by atomic mass is 10.0. The number of ether oxygens (including phenoxy) is 2. The fourth-order valence-corrected chi connectivity index (χ4v) is 2.50. The van der Waals surface area contributed by atoms with Crippen molar-refractivity contribution in [2.24, 2.45) is 0 Å². The highest BCUT2D eigenvalue weighted by atomic mass is 16.7. The van der Waals surface area contributed by atoms with Gasteiger partial charge in [-0.05, 0) is 30.3 Å². The fourth-order valence-electron chi connectivity index (χ4n) is 2.50. The first kappa shape index (κ1) is 13.5. The van der Waals surface area contributed by atoms with Crippen LogP contribution in [-0.4, -0.2) is 12.7 Å². The van der Waals surface area contributed by atoms with Gasteiger partial charge < -0.3 is 19.2 Å². The third-order valence-electron chi connectivity index (χ3n) is 3.59. The molecule has 0 aliphatic carbocycles. The summed E-state index contributed by atoms with van der Waals surface area (Å²) in [5.41, 5.74) is 1.93. The summed E-state index contributed by atoms with van der Waals surface area (Å²) in [6, 6.07) is 16.2. The molecule has 1 aliphatic heterocycles. The summed E-state index contributed by atoms with van der Waals surface area (Å²) in [4.78, 5) is 12.6. The van der Waals surface area contributed by atoms with Crippen LogP contribution >= 0.6 is 0 Å². The highest BCUT2D eigenvalue weighted by molar-refractivity contribution is 6.08. The van der Waals surface area contributed by atoms with Crippen molar-refractivity contribution in [2.45, 2.75) is 0 Å². The molecule has 1 aromatic heterocycles. The van der Waals surface area contributed by atoms with Gasteiger partial charge in [0.1, 0.15) is 5.76 Å². The summed E-state index contributed by atoms with van der Waals surface area (Å²) in [5, 5.41) is 2.87. The van der Waals surface area contributed by atoms with Gasteiger partial charge in [0.05, 0.1) is 11.8 Å². The van der Waals surface area contributed by atoms with Crippen molar-refractivity contribution in [3.63, 3.8) is 0 Å². The number of amides is 1. The fraction of sp³-hybridized carbons (Fsp3) is 0.0556. The molecule has 2 heterocycles. The Balaban J connectivity index is 1.63. The second-order valence-corrected chi connectivity index (χ2v) is 5.05. The van der Waals surface area contributed by atoms with Crippen LogP contribution in [0.5, 0.6) is 11.5 Å². The van der Waals surface area contributed by atoms with Crippen LogP contribution in [0.4, 0.5) is 5.69 Å². The Morgan fingerprint density at radius 3 is 2.70 bits per heavy atom. The average Bonchev–Trinajstić information content (AvgIpc) is 3.26. The zero-order valence-electron chi connectivity index (χ0n) is 12.1. The van der Waals surface area contributed by atoms with Crippen molar-refractivity contribution < 1.29 is 18.7 Å². The van der Waals surface area contributed by atoms with E-state index < -0.39 is 0 Å². The molecular weight excluding hydrogens is 294 g/mol. The van der Waals surface area contributed by atoms with Gasteiger partial charge in [-0.15, -0.1) is 0 Å². The highest BCUT2D eigenvalue weighted by Crippen LogP contribution is 2.34. The third kappa shape index (κ3) is 2.53. The van der Waals surface area contributed by atoms with Crippen LogP contribution < -0.4 is 14.8 Å². The second-order valence-electron chi connectivity index (χ2n) is 5.05. The van der Waals surface area contributed by atoms with Crippen molar-refractivity contribution in [1.82, 2.24) is 0 Å². The van der Waals surface area contributed by atoms with Crippen LogP contribution in [0.25, 0.3) is 11.3 Å². The Bertz CT molecular complexity index is 855. The standard InChI is InChI=1S/C18H13NO4/c20-18(19-12-7-8-16-17(10-12)23-11-22-16)14-5-2-1-4-13(14)15-6-3-9-21-15/h1-10H,11H2,(H,19,20). The molecule has 0 unspecified atom stereocenters. The number of furan rings is 1. The number of nitrogens with one attached hydrogen (secondary N) is 1. The first-order valence-corrected chi connectivity index (χ1v) is 7.15. The van der Waals surface area contributed by atoms with Crippen molar-refractivity contribution in [3.05, 3.63) is 66.4 Å². The van der Waals surface area contributed by atoms with E-state index in [0.29, 0.717) is 28.5 Å². The normalized spacial score (nSPS) is 12.2. The molecule has 0 radical (unpaired) electrons. The zero-order chi connectivity index (χ0) is 15.6.